The monoisotopic (exact) mass is 260 g/mol. The van der Waals surface area contributed by atoms with Crippen LogP contribution in [0, 0.1) is 11.3 Å². The van der Waals surface area contributed by atoms with Crippen molar-refractivity contribution < 1.29 is 23.8 Å². The van der Waals surface area contributed by atoms with Crippen LogP contribution in [0.2, 0.25) is 0 Å². The standard InChI is InChI=1S/C12H8N2O5/c1-17-10-4-7(5-13)2-3-9(10)19-12-14-8(6-18-12)11(15)16/h2-4,6H,1H3,(H,15,16). The van der Waals surface area contributed by atoms with Gasteiger partial charge in [-0.2, -0.15) is 10.2 Å². The van der Waals surface area contributed by atoms with Crippen LogP contribution in [-0.4, -0.2) is 23.2 Å². The second kappa shape index (κ2) is 5.10. The largest absolute Gasteiger partial charge is 0.493 e. The van der Waals surface area contributed by atoms with Crippen LogP contribution in [-0.2, 0) is 0 Å². The summed E-state index contributed by atoms with van der Waals surface area (Å²) in [6, 6.07) is 6.47. The molecule has 0 saturated carbocycles. The van der Waals surface area contributed by atoms with E-state index in [0.717, 1.165) is 6.26 Å². The number of nitriles is 1. The van der Waals surface area contributed by atoms with Gasteiger partial charge in [-0.15, -0.1) is 0 Å². The van der Waals surface area contributed by atoms with Gasteiger partial charge >= 0.3 is 12.0 Å². The number of oxazole rings is 1. The van der Waals surface area contributed by atoms with E-state index in [1.807, 2.05) is 6.07 Å². The van der Waals surface area contributed by atoms with Gasteiger partial charge in [0.2, 0.25) is 0 Å². The summed E-state index contributed by atoms with van der Waals surface area (Å²) in [7, 11) is 1.42. The second-order valence-electron chi connectivity index (χ2n) is 3.38. The van der Waals surface area contributed by atoms with Gasteiger partial charge in [-0.3, -0.25) is 0 Å². The molecule has 1 N–H and O–H groups in total. The summed E-state index contributed by atoms with van der Waals surface area (Å²) in [4.78, 5) is 14.2. The topological polar surface area (TPSA) is 106 Å². The molecular formula is C12H8N2O5. The van der Waals surface area contributed by atoms with Crippen molar-refractivity contribution in [3.05, 3.63) is 35.7 Å². The molecule has 0 aliphatic carbocycles. The minimum absolute atomic E-state index is 0.222. The molecule has 96 valence electrons. The van der Waals surface area contributed by atoms with Crippen molar-refractivity contribution in [1.82, 2.24) is 4.98 Å². The molecular weight excluding hydrogens is 252 g/mol. The molecule has 0 atom stereocenters. The summed E-state index contributed by atoms with van der Waals surface area (Å²) in [6.45, 7) is 0. The first-order chi connectivity index (χ1) is 9.13. The van der Waals surface area contributed by atoms with Crippen LogP contribution in [0.5, 0.6) is 17.6 Å². The Morgan fingerprint density at radius 1 is 1.47 bits per heavy atom. The molecule has 0 saturated heterocycles. The third-order valence-corrected chi connectivity index (χ3v) is 2.19. The molecule has 19 heavy (non-hydrogen) atoms. The first-order valence-electron chi connectivity index (χ1n) is 5.09. The van der Waals surface area contributed by atoms with Gasteiger partial charge in [0.25, 0.3) is 0 Å². The highest BCUT2D eigenvalue weighted by Crippen LogP contribution is 2.31. The normalized spacial score (nSPS) is 9.68. The quantitative estimate of drug-likeness (QED) is 0.896. The fraction of sp³-hybridized carbons (Fsp3) is 0.0833. The van der Waals surface area contributed by atoms with E-state index in [9.17, 15) is 4.79 Å². The molecule has 0 unspecified atom stereocenters. The predicted molar refractivity (Wildman–Crippen MR) is 61.2 cm³/mol. The third kappa shape index (κ3) is 2.63. The van der Waals surface area contributed by atoms with Gasteiger partial charge in [-0.05, 0) is 12.1 Å². The summed E-state index contributed by atoms with van der Waals surface area (Å²) in [6.07, 6.45) is 0.744. The summed E-state index contributed by atoms with van der Waals surface area (Å²) < 4.78 is 15.2. The number of methoxy groups -OCH3 is 1. The van der Waals surface area contributed by atoms with Crippen LogP contribution in [0.1, 0.15) is 16.1 Å². The Bertz CT molecular complexity index is 656. The number of hydrogen-bond donors (Lipinski definition) is 1. The van der Waals surface area contributed by atoms with E-state index in [1.54, 1.807) is 0 Å². The van der Waals surface area contributed by atoms with Gasteiger partial charge in [-0.1, -0.05) is 0 Å². The molecule has 0 aliphatic rings. The maximum atomic E-state index is 10.6. The average molecular weight is 260 g/mol. The number of carbonyl (C=O) groups is 1. The van der Waals surface area contributed by atoms with E-state index >= 15 is 0 Å². The van der Waals surface area contributed by atoms with E-state index < -0.39 is 5.97 Å². The average Bonchev–Trinajstić information content (AvgIpc) is 2.88. The maximum Gasteiger partial charge on any atom is 0.400 e. The minimum Gasteiger partial charge on any atom is -0.493 e. The van der Waals surface area contributed by atoms with Gasteiger partial charge in [-0.25, -0.2) is 4.79 Å². The number of carboxylic acid groups (broad SMARTS) is 1. The second-order valence-corrected chi connectivity index (χ2v) is 3.38. The lowest BCUT2D eigenvalue weighted by Gasteiger charge is -2.07. The zero-order valence-electron chi connectivity index (χ0n) is 9.78. The van der Waals surface area contributed by atoms with Crippen molar-refractivity contribution in [1.29, 1.82) is 5.26 Å². The summed E-state index contributed by atoms with van der Waals surface area (Å²) in [5, 5.41) is 17.5. The van der Waals surface area contributed by atoms with Crippen LogP contribution < -0.4 is 9.47 Å². The zero-order chi connectivity index (χ0) is 13.8. The number of nitrogens with zero attached hydrogens (tertiary/aromatic N) is 2. The summed E-state index contributed by atoms with van der Waals surface area (Å²) in [5.41, 5.74) is 0.144. The van der Waals surface area contributed by atoms with Gasteiger partial charge in [0, 0.05) is 6.07 Å². The first kappa shape index (κ1) is 12.4. The number of carboxylic acids is 1. The molecule has 2 rings (SSSR count). The van der Waals surface area contributed by atoms with Crippen LogP contribution in [0.25, 0.3) is 0 Å². The van der Waals surface area contributed by atoms with E-state index in [0.29, 0.717) is 11.3 Å². The van der Waals surface area contributed by atoms with Crippen LogP contribution in [0.4, 0.5) is 0 Å². The Hall–Kier alpha value is -3.01. The van der Waals surface area contributed by atoms with Gasteiger partial charge in [0.05, 0.1) is 18.7 Å². The van der Waals surface area contributed by atoms with Crippen LogP contribution in [0.15, 0.2) is 28.9 Å². The molecule has 0 fully saturated rings. The Kier molecular flexibility index (Phi) is 3.34. The van der Waals surface area contributed by atoms with Gasteiger partial charge in [0.1, 0.15) is 6.26 Å². The molecule has 0 radical (unpaired) electrons. The predicted octanol–water partition coefficient (Wildman–Crippen LogP) is 2.05. The number of aromatic nitrogens is 1. The highest BCUT2D eigenvalue weighted by molar-refractivity contribution is 5.84. The number of hydrogen-bond acceptors (Lipinski definition) is 6. The lowest BCUT2D eigenvalue weighted by Crippen LogP contribution is -1.96. The third-order valence-electron chi connectivity index (χ3n) is 2.19. The highest BCUT2D eigenvalue weighted by Gasteiger charge is 2.14. The van der Waals surface area contributed by atoms with Crippen molar-refractivity contribution in [3.63, 3.8) is 0 Å². The lowest BCUT2D eigenvalue weighted by molar-refractivity contribution is 0.0690. The number of rotatable bonds is 4. The lowest BCUT2D eigenvalue weighted by atomic mass is 10.2. The zero-order valence-corrected chi connectivity index (χ0v) is 9.78. The SMILES string of the molecule is COc1cc(C#N)ccc1Oc1nc(C(=O)O)co1. The molecule has 1 aromatic heterocycles. The van der Waals surface area contributed by atoms with Crippen molar-refractivity contribution >= 4 is 5.97 Å². The molecule has 1 aromatic carbocycles. The minimum atomic E-state index is -1.22. The van der Waals surface area contributed by atoms with Crippen molar-refractivity contribution in [2.75, 3.05) is 7.11 Å². The van der Waals surface area contributed by atoms with Crippen molar-refractivity contribution in [2.45, 2.75) is 0 Å². The van der Waals surface area contributed by atoms with E-state index in [1.165, 1.54) is 25.3 Å². The smallest absolute Gasteiger partial charge is 0.400 e. The molecule has 7 heteroatoms. The van der Waals surface area contributed by atoms with Crippen LogP contribution in [0.3, 0.4) is 0 Å². The number of aromatic carboxylic acids is 1. The van der Waals surface area contributed by atoms with Crippen molar-refractivity contribution in [2.24, 2.45) is 0 Å². The first-order valence-corrected chi connectivity index (χ1v) is 5.09. The number of ether oxygens (including phenoxy) is 2. The fourth-order valence-electron chi connectivity index (χ4n) is 1.32. The van der Waals surface area contributed by atoms with Gasteiger partial charge in [0.15, 0.2) is 17.2 Å². The Balaban J connectivity index is 2.27. The van der Waals surface area contributed by atoms with Crippen molar-refractivity contribution in [3.8, 4) is 23.6 Å². The summed E-state index contributed by atoms with van der Waals surface area (Å²) in [5.74, 6) is -0.639. The van der Waals surface area contributed by atoms with E-state index in [4.69, 9.17) is 24.3 Å². The molecule has 0 amide bonds. The molecule has 0 spiro atoms. The van der Waals surface area contributed by atoms with Gasteiger partial charge < -0.3 is 19.0 Å². The molecule has 2 aromatic rings. The maximum absolute atomic E-state index is 10.6. The number of benzene rings is 1. The molecule has 7 nitrogen and oxygen atoms in total. The fourth-order valence-corrected chi connectivity index (χ4v) is 1.32. The molecule has 0 bridgehead atoms. The Labute approximate surface area is 107 Å². The molecule has 0 aliphatic heterocycles. The Morgan fingerprint density at radius 2 is 2.26 bits per heavy atom. The summed E-state index contributed by atoms with van der Waals surface area (Å²) >= 11 is 0. The van der Waals surface area contributed by atoms with E-state index in [-0.39, 0.29) is 17.5 Å². The Morgan fingerprint density at radius 3 is 2.84 bits per heavy atom. The van der Waals surface area contributed by atoms with E-state index in [2.05, 4.69) is 4.98 Å². The highest BCUT2D eigenvalue weighted by atomic mass is 16.6. The van der Waals surface area contributed by atoms with Crippen LogP contribution >= 0.6 is 0 Å². The molecule has 1 heterocycles.